The van der Waals surface area contributed by atoms with Crippen molar-refractivity contribution in [3.05, 3.63) is 34.9 Å². The van der Waals surface area contributed by atoms with Crippen LogP contribution in [0.15, 0.2) is 29.2 Å². The first-order valence-electron chi connectivity index (χ1n) is 6.91. The average Bonchev–Trinajstić information content (AvgIpc) is 2.97. The standard InChI is InChI=1S/C13H18N4O3S/c1-15(11-5-9-21(19,20)10-11)7-8-17-13(18)16-6-3-2-4-12(16)14-17/h2-4,6,11H,5,7-10H2,1H3/t11-/m0/s1. The zero-order chi connectivity index (χ0) is 15.0. The molecule has 1 aliphatic heterocycles. The van der Waals surface area contributed by atoms with Crippen molar-refractivity contribution in [1.29, 1.82) is 0 Å². The molecule has 114 valence electrons. The van der Waals surface area contributed by atoms with Crippen LogP contribution in [0.3, 0.4) is 0 Å². The first-order valence-corrected chi connectivity index (χ1v) is 8.73. The van der Waals surface area contributed by atoms with Gasteiger partial charge in [-0.25, -0.2) is 17.9 Å². The number of rotatable bonds is 4. The molecule has 1 aliphatic rings. The van der Waals surface area contributed by atoms with Crippen LogP contribution in [0, 0.1) is 0 Å². The summed E-state index contributed by atoms with van der Waals surface area (Å²) in [6, 6.07) is 5.45. The van der Waals surface area contributed by atoms with Crippen LogP contribution in [-0.2, 0) is 16.4 Å². The van der Waals surface area contributed by atoms with Crippen molar-refractivity contribution in [1.82, 2.24) is 19.1 Å². The van der Waals surface area contributed by atoms with Crippen molar-refractivity contribution < 1.29 is 8.42 Å². The Labute approximate surface area is 122 Å². The monoisotopic (exact) mass is 310 g/mol. The fourth-order valence-corrected chi connectivity index (χ4v) is 4.48. The molecule has 0 amide bonds. The summed E-state index contributed by atoms with van der Waals surface area (Å²) in [4.78, 5) is 14.1. The topological polar surface area (TPSA) is 76.7 Å². The molecule has 1 fully saturated rings. The minimum Gasteiger partial charge on any atom is -0.301 e. The van der Waals surface area contributed by atoms with Gasteiger partial charge < -0.3 is 4.90 Å². The molecule has 2 aromatic heterocycles. The molecular formula is C13H18N4O3S. The molecule has 0 N–H and O–H groups in total. The van der Waals surface area contributed by atoms with Crippen molar-refractivity contribution >= 4 is 15.5 Å². The summed E-state index contributed by atoms with van der Waals surface area (Å²) in [7, 11) is -0.987. The van der Waals surface area contributed by atoms with Gasteiger partial charge in [-0.15, -0.1) is 5.10 Å². The number of aromatic nitrogens is 3. The van der Waals surface area contributed by atoms with Crippen LogP contribution in [0.25, 0.3) is 5.65 Å². The maximum atomic E-state index is 12.1. The van der Waals surface area contributed by atoms with Crippen molar-refractivity contribution in [2.24, 2.45) is 0 Å². The maximum absolute atomic E-state index is 12.1. The maximum Gasteiger partial charge on any atom is 0.350 e. The number of sulfone groups is 1. The highest BCUT2D eigenvalue weighted by Crippen LogP contribution is 2.16. The van der Waals surface area contributed by atoms with Gasteiger partial charge in [0.15, 0.2) is 15.5 Å². The molecular weight excluding hydrogens is 292 g/mol. The van der Waals surface area contributed by atoms with Gasteiger partial charge in [0.2, 0.25) is 0 Å². The van der Waals surface area contributed by atoms with Crippen LogP contribution in [0.2, 0.25) is 0 Å². The van der Waals surface area contributed by atoms with E-state index in [2.05, 4.69) is 5.10 Å². The Hall–Kier alpha value is -1.67. The third-order valence-electron chi connectivity index (χ3n) is 3.98. The van der Waals surface area contributed by atoms with Crippen LogP contribution in [0.5, 0.6) is 0 Å². The Balaban J connectivity index is 1.69. The van der Waals surface area contributed by atoms with Crippen LogP contribution in [0.4, 0.5) is 0 Å². The second-order valence-corrected chi connectivity index (χ2v) is 7.70. The molecule has 8 heteroatoms. The smallest absolute Gasteiger partial charge is 0.301 e. The number of nitrogens with zero attached hydrogens (tertiary/aromatic N) is 4. The lowest BCUT2D eigenvalue weighted by Crippen LogP contribution is -2.36. The van der Waals surface area contributed by atoms with E-state index in [4.69, 9.17) is 0 Å². The van der Waals surface area contributed by atoms with Crippen LogP contribution < -0.4 is 5.69 Å². The first kappa shape index (κ1) is 14.3. The Morgan fingerprint density at radius 1 is 1.43 bits per heavy atom. The summed E-state index contributed by atoms with van der Waals surface area (Å²) < 4.78 is 25.9. The zero-order valence-corrected chi connectivity index (χ0v) is 12.7. The SMILES string of the molecule is CN(CCn1nc2ccccn2c1=O)[C@H]1CCS(=O)(=O)C1. The summed E-state index contributed by atoms with van der Waals surface area (Å²) in [5.41, 5.74) is 0.451. The molecule has 1 saturated heterocycles. The van der Waals surface area contributed by atoms with Gasteiger partial charge in [0.05, 0.1) is 18.1 Å². The molecule has 1 atom stereocenters. The van der Waals surface area contributed by atoms with Gasteiger partial charge in [0.1, 0.15) is 0 Å². The molecule has 0 unspecified atom stereocenters. The van der Waals surface area contributed by atoms with E-state index in [0.717, 1.165) is 0 Å². The quantitative estimate of drug-likeness (QED) is 0.769. The van der Waals surface area contributed by atoms with Gasteiger partial charge in [-0.3, -0.25) is 4.40 Å². The van der Waals surface area contributed by atoms with E-state index in [0.29, 0.717) is 25.2 Å². The van der Waals surface area contributed by atoms with E-state index in [1.165, 1.54) is 9.08 Å². The van der Waals surface area contributed by atoms with E-state index in [1.807, 2.05) is 18.0 Å². The van der Waals surface area contributed by atoms with E-state index in [1.54, 1.807) is 18.3 Å². The zero-order valence-electron chi connectivity index (χ0n) is 11.8. The second kappa shape index (κ2) is 5.27. The molecule has 0 radical (unpaired) electrons. The highest BCUT2D eigenvalue weighted by Gasteiger charge is 2.30. The van der Waals surface area contributed by atoms with Crippen LogP contribution >= 0.6 is 0 Å². The van der Waals surface area contributed by atoms with Gasteiger partial charge in [-0.1, -0.05) is 6.07 Å². The normalized spacial score (nSPS) is 21.3. The molecule has 3 heterocycles. The van der Waals surface area contributed by atoms with Gasteiger partial charge in [-0.05, 0) is 25.6 Å². The summed E-state index contributed by atoms with van der Waals surface area (Å²) >= 11 is 0. The third kappa shape index (κ3) is 2.86. The second-order valence-electron chi connectivity index (χ2n) is 5.47. The minimum absolute atomic E-state index is 0.0442. The van der Waals surface area contributed by atoms with Crippen LogP contribution in [-0.4, -0.2) is 58.6 Å². The third-order valence-corrected chi connectivity index (χ3v) is 5.74. The molecule has 0 bridgehead atoms. The van der Waals surface area contributed by atoms with Crippen molar-refractivity contribution in [2.45, 2.75) is 19.0 Å². The van der Waals surface area contributed by atoms with Crippen molar-refractivity contribution in [3.63, 3.8) is 0 Å². The lowest BCUT2D eigenvalue weighted by atomic mass is 10.2. The molecule has 0 saturated carbocycles. The molecule has 0 aromatic carbocycles. The number of pyridine rings is 1. The Morgan fingerprint density at radius 3 is 2.90 bits per heavy atom. The van der Waals surface area contributed by atoms with E-state index in [9.17, 15) is 13.2 Å². The van der Waals surface area contributed by atoms with Crippen LogP contribution in [0.1, 0.15) is 6.42 Å². The lowest BCUT2D eigenvalue weighted by Gasteiger charge is -2.22. The van der Waals surface area contributed by atoms with Gasteiger partial charge >= 0.3 is 5.69 Å². The predicted octanol–water partition coefficient (Wildman–Crippen LogP) is -0.385. The number of hydrogen-bond acceptors (Lipinski definition) is 5. The molecule has 0 spiro atoms. The lowest BCUT2D eigenvalue weighted by molar-refractivity contribution is 0.247. The predicted molar refractivity (Wildman–Crippen MR) is 79.1 cm³/mol. The van der Waals surface area contributed by atoms with Gasteiger partial charge in [-0.2, -0.15) is 0 Å². The molecule has 21 heavy (non-hydrogen) atoms. The fourth-order valence-electron chi connectivity index (χ4n) is 2.67. The molecule has 7 nitrogen and oxygen atoms in total. The molecule has 0 aliphatic carbocycles. The average molecular weight is 310 g/mol. The summed E-state index contributed by atoms with van der Waals surface area (Å²) in [6.45, 7) is 1.05. The summed E-state index contributed by atoms with van der Waals surface area (Å²) in [5.74, 6) is 0.472. The number of hydrogen-bond donors (Lipinski definition) is 0. The van der Waals surface area contributed by atoms with Gasteiger partial charge in [0.25, 0.3) is 0 Å². The Kier molecular flexibility index (Phi) is 3.58. The highest BCUT2D eigenvalue weighted by atomic mass is 32.2. The number of fused-ring (bicyclic) bond motifs is 1. The summed E-state index contributed by atoms with van der Waals surface area (Å²) in [6.07, 6.45) is 2.35. The summed E-state index contributed by atoms with van der Waals surface area (Å²) in [5, 5.41) is 4.26. The van der Waals surface area contributed by atoms with E-state index < -0.39 is 9.84 Å². The van der Waals surface area contributed by atoms with Crippen molar-refractivity contribution in [2.75, 3.05) is 25.1 Å². The van der Waals surface area contributed by atoms with E-state index >= 15 is 0 Å². The fraction of sp³-hybridized carbons (Fsp3) is 0.538. The van der Waals surface area contributed by atoms with Gasteiger partial charge in [0, 0.05) is 18.8 Å². The minimum atomic E-state index is -2.88. The largest absolute Gasteiger partial charge is 0.350 e. The van der Waals surface area contributed by atoms with Crippen molar-refractivity contribution in [3.8, 4) is 0 Å². The van der Waals surface area contributed by atoms with E-state index in [-0.39, 0.29) is 23.2 Å². The first-order chi connectivity index (χ1) is 9.96. The molecule has 3 rings (SSSR count). The Bertz CT molecular complexity index is 808. The Morgan fingerprint density at radius 2 is 2.24 bits per heavy atom. The highest BCUT2D eigenvalue weighted by molar-refractivity contribution is 7.91. The number of likely N-dealkylation sites (N-methyl/N-ethyl adjacent to an activating group) is 1. The molecule has 2 aromatic rings.